The first-order valence-electron chi connectivity index (χ1n) is 12.0. The van der Waals surface area contributed by atoms with E-state index < -0.39 is 17.6 Å². The predicted molar refractivity (Wildman–Crippen MR) is 129 cm³/mol. The molecule has 3 aromatic carbocycles. The Morgan fingerprint density at radius 3 is 2.72 bits per heavy atom. The molecule has 184 valence electrons. The van der Waals surface area contributed by atoms with Crippen molar-refractivity contribution in [3.8, 4) is 17.2 Å². The summed E-state index contributed by atoms with van der Waals surface area (Å²) < 4.78 is 42.6. The standard InChI is InChI=1S/C28H24F2N2O4/c1-2-24-31-21-9-8-20(29)26(30)27(21)32(24)22-5-3-4-19-16(14-36-28(19)22)10-15-6-7-18-17(12-25(33)34)13-35-23(18)11-15/h3-9,11,16-17H,2,10,12-14H2,1H3,(H,33,34)/t16-,17-/m1/s1. The third-order valence-corrected chi connectivity index (χ3v) is 7.09. The van der Waals surface area contributed by atoms with Crippen LogP contribution < -0.4 is 9.47 Å². The minimum atomic E-state index is -0.925. The lowest BCUT2D eigenvalue weighted by molar-refractivity contribution is -0.137. The number of nitrogens with zero attached hydrogens (tertiary/aromatic N) is 2. The summed E-state index contributed by atoms with van der Waals surface area (Å²) in [6.07, 6.45) is 1.29. The van der Waals surface area contributed by atoms with Gasteiger partial charge in [0.05, 0.1) is 30.8 Å². The Hall–Kier alpha value is -3.94. The van der Waals surface area contributed by atoms with Gasteiger partial charge >= 0.3 is 5.97 Å². The molecule has 8 heteroatoms. The van der Waals surface area contributed by atoms with E-state index in [0.717, 1.165) is 28.5 Å². The quantitative estimate of drug-likeness (QED) is 0.385. The Morgan fingerprint density at radius 2 is 1.92 bits per heavy atom. The Morgan fingerprint density at radius 1 is 1.08 bits per heavy atom. The summed E-state index contributed by atoms with van der Waals surface area (Å²) in [7, 11) is 0. The van der Waals surface area contributed by atoms with Crippen molar-refractivity contribution in [1.82, 2.24) is 9.55 Å². The summed E-state index contributed by atoms with van der Waals surface area (Å²) in [6.45, 7) is 2.76. The minimum Gasteiger partial charge on any atom is -0.493 e. The van der Waals surface area contributed by atoms with Crippen LogP contribution in [0.1, 0.15) is 47.7 Å². The van der Waals surface area contributed by atoms with Crippen molar-refractivity contribution in [2.45, 2.75) is 38.0 Å². The molecule has 0 fully saturated rings. The first kappa shape index (κ1) is 22.5. The van der Waals surface area contributed by atoms with Crippen LogP contribution in [0.25, 0.3) is 16.7 Å². The Kier molecular flexibility index (Phi) is 5.39. The monoisotopic (exact) mass is 490 g/mol. The number of carboxylic acids is 1. The van der Waals surface area contributed by atoms with E-state index >= 15 is 0 Å². The van der Waals surface area contributed by atoms with Gasteiger partial charge in [0.25, 0.3) is 0 Å². The van der Waals surface area contributed by atoms with E-state index in [9.17, 15) is 13.6 Å². The van der Waals surface area contributed by atoms with Gasteiger partial charge in [-0.2, -0.15) is 0 Å². The molecule has 0 radical (unpaired) electrons. The molecule has 6 nitrogen and oxygen atoms in total. The topological polar surface area (TPSA) is 73.6 Å². The highest BCUT2D eigenvalue weighted by Gasteiger charge is 2.31. The normalized spacial score (nSPS) is 18.1. The summed E-state index contributed by atoms with van der Waals surface area (Å²) in [6, 6.07) is 14.3. The molecule has 2 aliphatic rings. The van der Waals surface area contributed by atoms with Crippen LogP contribution in [0, 0.1) is 11.6 Å². The molecule has 0 aliphatic carbocycles. The van der Waals surface area contributed by atoms with Gasteiger partial charge in [-0.05, 0) is 36.2 Å². The van der Waals surface area contributed by atoms with Gasteiger partial charge in [-0.15, -0.1) is 0 Å². The van der Waals surface area contributed by atoms with Gasteiger partial charge in [0, 0.05) is 29.4 Å². The highest BCUT2D eigenvalue weighted by molar-refractivity contribution is 5.80. The average molecular weight is 491 g/mol. The number of carbonyl (C=O) groups is 1. The number of benzene rings is 3. The number of ether oxygens (including phenoxy) is 2. The van der Waals surface area contributed by atoms with Gasteiger partial charge in [-0.3, -0.25) is 9.36 Å². The Bertz CT molecular complexity index is 1510. The molecule has 2 aliphatic heterocycles. The second-order valence-corrected chi connectivity index (χ2v) is 9.33. The number of aliphatic carboxylic acids is 1. The molecule has 2 atom stereocenters. The largest absolute Gasteiger partial charge is 0.493 e. The summed E-state index contributed by atoms with van der Waals surface area (Å²) in [5.74, 6) is -0.727. The number of aromatic nitrogens is 2. The van der Waals surface area contributed by atoms with Gasteiger partial charge in [0.15, 0.2) is 11.6 Å². The fraction of sp³-hybridized carbons (Fsp3) is 0.286. The van der Waals surface area contributed by atoms with Crippen LogP contribution >= 0.6 is 0 Å². The molecule has 1 N–H and O–H groups in total. The van der Waals surface area contributed by atoms with Crippen LogP contribution in [0.15, 0.2) is 48.5 Å². The van der Waals surface area contributed by atoms with Crippen molar-refractivity contribution in [2.75, 3.05) is 13.2 Å². The maximum atomic E-state index is 14.9. The van der Waals surface area contributed by atoms with E-state index in [1.165, 1.54) is 6.07 Å². The van der Waals surface area contributed by atoms with Gasteiger partial charge in [0.1, 0.15) is 22.8 Å². The van der Waals surface area contributed by atoms with Gasteiger partial charge < -0.3 is 14.6 Å². The van der Waals surface area contributed by atoms with Crippen LogP contribution in [0.2, 0.25) is 0 Å². The highest BCUT2D eigenvalue weighted by Crippen LogP contribution is 2.43. The number of halogens is 2. The van der Waals surface area contributed by atoms with E-state index in [-0.39, 0.29) is 23.8 Å². The van der Waals surface area contributed by atoms with Crippen molar-refractivity contribution in [3.05, 3.63) is 82.7 Å². The zero-order valence-corrected chi connectivity index (χ0v) is 19.6. The van der Waals surface area contributed by atoms with E-state index in [0.29, 0.717) is 48.8 Å². The summed E-state index contributed by atoms with van der Waals surface area (Å²) in [5.41, 5.74) is 4.15. The Labute approximate surface area is 206 Å². The highest BCUT2D eigenvalue weighted by atomic mass is 19.2. The van der Waals surface area contributed by atoms with Crippen molar-refractivity contribution in [3.63, 3.8) is 0 Å². The molecule has 0 unspecified atom stereocenters. The van der Waals surface area contributed by atoms with Gasteiger partial charge in [0.2, 0.25) is 0 Å². The van der Waals surface area contributed by atoms with E-state index in [1.54, 1.807) is 4.57 Å². The summed E-state index contributed by atoms with van der Waals surface area (Å²) >= 11 is 0. The number of hydrogen-bond donors (Lipinski definition) is 1. The summed E-state index contributed by atoms with van der Waals surface area (Å²) in [4.78, 5) is 15.7. The lowest BCUT2D eigenvalue weighted by Gasteiger charge is -2.14. The van der Waals surface area contributed by atoms with Crippen molar-refractivity contribution in [1.29, 1.82) is 0 Å². The second-order valence-electron chi connectivity index (χ2n) is 9.33. The SMILES string of the molecule is CCc1nc2ccc(F)c(F)c2n1-c1cccc2c1OC[C@H]2Cc1ccc2c(c1)OC[C@H]2CC(=O)O. The summed E-state index contributed by atoms with van der Waals surface area (Å²) in [5, 5.41) is 9.13. The third kappa shape index (κ3) is 3.59. The van der Waals surface area contributed by atoms with Gasteiger partial charge in [-0.1, -0.05) is 31.2 Å². The van der Waals surface area contributed by atoms with Crippen LogP contribution in [0.3, 0.4) is 0 Å². The number of imidazole rings is 1. The number of hydrogen-bond acceptors (Lipinski definition) is 4. The molecule has 6 rings (SSSR count). The molecule has 0 amide bonds. The Balaban J connectivity index is 1.35. The molecule has 3 heterocycles. The van der Waals surface area contributed by atoms with Crippen LogP contribution in [-0.2, 0) is 17.6 Å². The molecular weight excluding hydrogens is 466 g/mol. The van der Waals surface area contributed by atoms with Crippen molar-refractivity contribution < 1.29 is 28.2 Å². The molecular formula is C28H24F2N2O4. The van der Waals surface area contributed by atoms with E-state index in [2.05, 4.69) is 4.98 Å². The first-order valence-corrected chi connectivity index (χ1v) is 12.0. The fourth-order valence-electron chi connectivity index (χ4n) is 5.40. The average Bonchev–Trinajstić information content (AvgIpc) is 3.57. The maximum Gasteiger partial charge on any atom is 0.304 e. The zero-order chi connectivity index (χ0) is 25.0. The molecule has 1 aromatic heterocycles. The number of rotatable bonds is 6. The fourth-order valence-corrected chi connectivity index (χ4v) is 5.40. The van der Waals surface area contributed by atoms with Crippen LogP contribution in [0.5, 0.6) is 11.5 Å². The lowest BCUT2D eigenvalue weighted by Crippen LogP contribution is -2.07. The smallest absolute Gasteiger partial charge is 0.304 e. The third-order valence-electron chi connectivity index (χ3n) is 7.09. The lowest BCUT2D eigenvalue weighted by atomic mass is 9.91. The second kappa shape index (κ2) is 8.62. The van der Waals surface area contributed by atoms with E-state index in [4.69, 9.17) is 14.6 Å². The minimum absolute atomic E-state index is 0.0478. The molecule has 0 bridgehead atoms. The molecule has 0 spiro atoms. The maximum absolute atomic E-state index is 14.9. The number of para-hydroxylation sites is 1. The van der Waals surface area contributed by atoms with Crippen molar-refractivity contribution >= 4 is 17.0 Å². The molecule has 36 heavy (non-hydrogen) atoms. The van der Waals surface area contributed by atoms with Gasteiger partial charge in [-0.25, -0.2) is 13.8 Å². The predicted octanol–water partition coefficient (Wildman–Crippen LogP) is 5.54. The number of carboxylic acid groups (broad SMARTS) is 1. The number of aryl methyl sites for hydroxylation is 1. The molecule has 0 saturated carbocycles. The number of fused-ring (bicyclic) bond motifs is 3. The van der Waals surface area contributed by atoms with Crippen molar-refractivity contribution in [2.24, 2.45) is 0 Å². The van der Waals surface area contributed by atoms with Crippen LogP contribution in [0.4, 0.5) is 8.78 Å². The van der Waals surface area contributed by atoms with Crippen LogP contribution in [-0.4, -0.2) is 33.8 Å². The zero-order valence-electron chi connectivity index (χ0n) is 19.6. The first-order chi connectivity index (χ1) is 17.4. The molecule has 4 aromatic rings. The molecule has 0 saturated heterocycles. The van der Waals surface area contributed by atoms with E-state index in [1.807, 2.05) is 43.3 Å².